The van der Waals surface area contributed by atoms with Crippen LogP contribution in [-0.2, 0) is 11.3 Å². The molecule has 0 radical (unpaired) electrons. The molecule has 1 aliphatic heterocycles. The third kappa shape index (κ3) is 4.09. The van der Waals surface area contributed by atoms with Crippen molar-refractivity contribution in [3.8, 4) is 10.7 Å². The van der Waals surface area contributed by atoms with Gasteiger partial charge in [-0.25, -0.2) is 15.0 Å². The molecule has 8 nitrogen and oxygen atoms in total. The number of hydrogen-bond acceptors (Lipinski definition) is 7. The first-order chi connectivity index (χ1) is 15.6. The number of fused-ring (bicyclic) bond motifs is 1. The van der Waals surface area contributed by atoms with Crippen LogP contribution < -0.4 is 10.2 Å². The van der Waals surface area contributed by atoms with Crippen LogP contribution in [0.15, 0.2) is 48.1 Å². The number of nitrogens with zero attached hydrogens (tertiary/aromatic N) is 6. The molecule has 0 bridgehead atoms. The number of likely N-dealkylation sites (N-methyl/N-ethyl adjacent to an activating group) is 1. The quantitative estimate of drug-likeness (QED) is 0.506. The highest BCUT2D eigenvalue weighted by molar-refractivity contribution is 7.13. The SMILES string of the molecule is Cc1ncsc1-c1nc2ccccc2n1CC(=O)Nc1ccc(N2CCN(C)CC2)nc1. The number of aromatic nitrogens is 4. The lowest BCUT2D eigenvalue weighted by molar-refractivity contribution is -0.116. The van der Waals surface area contributed by atoms with Gasteiger partial charge in [0.25, 0.3) is 0 Å². The first-order valence-corrected chi connectivity index (χ1v) is 11.5. The molecule has 3 aromatic heterocycles. The minimum absolute atomic E-state index is 0.120. The van der Waals surface area contributed by atoms with E-state index in [1.165, 1.54) is 11.3 Å². The molecule has 9 heteroatoms. The highest BCUT2D eigenvalue weighted by atomic mass is 32.1. The standard InChI is InChI=1S/C23H25N7OS/c1-16-22(32-15-25-16)23-27-18-5-3-4-6-19(18)30(23)14-21(31)26-17-7-8-20(24-13-17)29-11-9-28(2)10-12-29/h3-8,13,15H,9-12,14H2,1-2H3,(H,26,31). The van der Waals surface area contributed by atoms with E-state index in [0.29, 0.717) is 5.69 Å². The molecule has 0 spiro atoms. The summed E-state index contributed by atoms with van der Waals surface area (Å²) in [6, 6.07) is 11.8. The van der Waals surface area contributed by atoms with E-state index in [-0.39, 0.29) is 12.5 Å². The minimum atomic E-state index is -0.120. The monoisotopic (exact) mass is 447 g/mol. The average Bonchev–Trinajstić information content (AvgIpc) is 3.38. The summed E-state index contributed by atoms with van der Waals surface area (Å²) in [4.78, 5) is 32.2. The average molecular weight is 448 g/mol. The predicted molar refractivity (Wildman–Crippen MR) is 128 cm³/mol. The molecule has 1 fully saturated rings. The van der Waals surface area contributed by atoms with Gasteiger partial charge in [-0.2, -0.15) is 0 Å². The normalized spacial score (nSPS) is 14.8. The maximum Gasteiger partial charge on any atom is 0.244 e. The van der Waals surface area contributed by atoms with Gasteiger partial charge in [0.1, 0.15) is 12.4 Å². The van der Waals surface area contributed by atoms with E-state index in [2.05, 4.69) is 32.1 Å². The second-order valence-corrected chi connectivity index (χ2v) is 8.88. The van der Waals surface area contributed by atoms with Gasteiger partial charge < -0.3 is 19.7 Å². The number of imidazole rings is 1. The molecule has 4 aromatic rings. The van der Waals surface area contributed by atoms with Crippen LogP contribution in [0.4, 0.5) is 11.5 Å². The predicted octanol–water partition coefficient (Wildman–Crippen LogP) is 3.25. The number of aryl methyl sites for hydroxylation is 1. The third-order valence-electron chi connectivity index (χ3n) is 5.76. The number of rotatable bonds is 5. The smallest absolute Gasteiger partial charge is 0.244 e. The number of pyridine rings is 1. The Hall–Kier alpha value is -3.30. The van der Waals surface area contributed by atoms with E-state index in [0.717, 1.165) is 59.4 Å². The summed E-state index contributed by atoms with van der Waals surface area (Å²) >= 11 is 1.53. The molecule has 1 N–H and O–H groups in total. The zero-order chi connectivity index (χ0) is 22.1. The molecular weight excluding hydrogens is 422 g/mol. The molecular formula is C23H25N7OS. The number of thiazole rings is 1. The van der Waals surface area contributed by atoms with Crippen molar-refractivity contribution >= 4 is 39.8 Å². The van der Waals surface area contributed by atoms with Crippen LogP contribution in [0.5, 0.6) is 0 Å². The van der Waals surface area contributed by atoms with Crippen molar-refractivity contribution in [2.24, 2.45) is 0 Å². The number of carbonyl (C=O) groups excluding carboxylic acids is 1. The molecule has 0 aliphatic carbocycles. The Bertz CT molecular complexity index is 1240. The lowest BCUT2D eigenvalue weighted by atomic mass is 10.3. The Kier molecular flexibility index (Phi) is 5.59. The molecule has 0 atom stereocenters. The van der Waals surface area contributed by atoms with Crippen molar-refractivity contribution in [2.75, 3.05) is 43.4 Å². The van der Waals surface area contributed by atoms with E-state index >= 15 is 0 Å². The molecule has 32 heavy (non-hydrogen) atoms. The fourth-order valence-corrected chi connectivity index (χ4v) is 4.75. The number of amides is 1. The number of carbonyl (C=O) groups is 1. The zero-order valence-electron chi connectivity index (χ0n) is 18.2. The summed E-state index contributed by atoms with van der Waals surface area (Å²) in [7, 11) is 2.13. The fraction of sp³-hybridized carbons (Fsp3) is 0.304. The second-order valence-electron chi connectivity index (χ2n) is 8.02. The number of nitrogens with one attached hydrogen (secondary N) is 1. The molecule has 5 rings (SSSR count). The summed E-state index contributed by atoms with van der Waals surface area (Å²) < 4.78 is 1.96. The Balaban J connectivity index is 1.34. The van der Waals surface area contributed by atoms with Crippen LogP contribution in [0.3, 0.4) is 0 Å². The van der Waals surface area contributed by atoms with Gasteiger partial charge in [-0.3, -0.25) is 4.79 Å². The van der Waals surface area contributed by atoms with Gasteiger partial charge in [0.2, 0.25) is 5.91 Å². The maximum absolute atomic E-state index is 12.9. The van der Waals surface area contributed by atoms with Gasteiger partial charge in [-0.1, -0.05) is 12.1 Å². The van der Waals surface area contributed by atoms with E-state index in [1.54, 1.807) is 6.20 Å². The Morgan fingerprint density at radius 2 is 1.91 bits per heavy atom. The van der Waals surface area contributed by atoms with Crippen LogP contribution >= 0.6 is 11.3 Å². The van der Waals surface area contributed by atoms with Crippen LogP contribution in [0.1, 0.15) is 5.69 Å². The van der Waals surface area contributed by atoms with Gasteiger partial charge in [0.15, 0.2) is 5.82 Å². The van der Waals surface area contributed by atoms with Crippen molar-refractivity contribution in [3.63, 3.8) is 0 Å². The number of piperazine rings is 1. The summed E-state index contributed by atoms with van der Waals surface area (Å²) in [5, 5.41) is 2.98. The zero-order valence-corrected chi connectivity index (χ0v) is 19.0. The molecule has 164 valence electrons. The highest BCUT2D eigenvalue weighted by Crippen LogP contribution is 2.30. The van der Waals surface area contributed by atoms with E-state index in [9.17, 15) is 4.79 Å². The van der Waals surface area contributed by atoms with Gasteiger partial charge in [0, 0.05) is 26.2 Å². The number of anilines is 2. The van der Waals surface area contributed by atoms with Crippen LogP contribution in [0.25, 0.3) is 21.7 Å². The summed E-state index contributed by atoms with van der Waals surface area (Å²) in [6.07, 6.45) is 1.73. The first-order valence-electron chi connectivity index (χ1n) is 10.6. The van der Waals surface area contributed by atoms with Crippen LogP contribution in [-0.4, -0.2) is 63.6 Å². The first kappa shape index (κ1) is 20.6. The third-order valence-corrected chi connectivity index (χ3v) is 6.69. The van der Waals surface area contributed by atoms with E-state index in [1.807, 2.05) is 53.4 Å². The topological polar surface area (TPSA) is 79.2 Å². The fourth-order valence-electron chi connectivity index (χ4n) is 3.95. The van der Waals surface area contributed by atoms with E-state index < -0.39 is 0 Å². The van der Waals surface area contributed by atoms with Crippen molar-refractivity contribution < 1.29 is 4.79 Å². The Morgan fingerprint density at radius 1 is 1.09 bits per heavy atom. The molecule has 4 heterocycles. The highest BCUT2D eigenvalue weighted by Gasteiger charge is 2.19. The van der Waals surface area contributed by atoms with Crippen molar-refractivity contribution in [1.82, 2.24) is 24.4 Å². The molecule has 0 saturated carbocycles. The number of para-hydroxylation sites is 2. The largest absolute Gasteiger partial charge is 0.354 e. The Labute approximate surface area is 190 Å². The van der Waals surface area contributed by atoms with Crippen molar-refractivity contribution in [2.45, 2.75) is 13.5 Å². The molecule has 1 amide bonds. The lowest BCUT2D eigenvalue weighted by Gasteiger charge is -2.33. The van der Waals surface area contributed by atoms with Crippen LogP contribution in [0, 0.1) is 6.92 Å². The van der Waals surface area contributed by atoms with Gasteiger partial charge >= 0.3 is 0 Å². The van der Waals surface area contributed by atoms with Gasteiger partial charge in [0.05, 0.1) is 39.0 Å². The molecule has 1 aromatic carbocycles. The Morgan fingerprint density at radius 3 is 2.62 bits per heavy atom. The van der Waals surface area contributed by atoms with Crippen molar-refractivity contribution in [1.29, 1.82) is 0 Å². The van der Waals surface area contributed by atoms with E-state index in [4.69, 9.17) is 4.98 Å². The summed E-state index contributed by atoms with van der Waals surface area (Å²) in [5.74, 6) is 1.59. The number of benzene rings is 1. The molecule has 0 unspecified atom stereocenters. The molecule has 1 saturated heterocycles. The number of hydrogen-bond donors (Lipinski definition) is 1. The van der Waals surface area contributed by atoms with Gasteiger partial charge in [-0.05, 0) is 38.2 Å². The van der Waals surface area contributed by atoms with Gasteiger partial charge in [-0.15, -0.1) is 11.3 Å². The van der Waals surface area contributed by atoms with Crippen molar-refractivity contribution in [3.05, 3.63) is 53.8 Å². The molecule has 1 aliphatic rings. The summed E-state index contributed by atoms with van der Waals surface area (Å²) in [6.45, 7) is 6.10. The second kappa shape index (κ2) is 8.68. The maximum atomic E-state index is 12.9. The minimum Gasteiger partial charge on any atom is -0.354 e. The van der Waals surface area contributed by atoms with Crippen LogP contribution in [0.2, 0.25) is 0 Å². The lowest BCUT2D eigenvalue weighted by Crippen LogP contribution is -2.44. The summed E-state index contributed by atoms with van der Waals surface area (Å²) in [5.41, 5.74) is 5.20.